The van der Waals surface area contributed by atoms with Gasteiger partial charge in [-0.25, -0.2) is 9.78 Å². The average molecular weight is 253 g/mol. The highest BCUT2D eigenvalue weighted by Crippen LogP contribution is 2.18. The molecule has 1 aromatic heterocycles. The molecule has 0 saturated carbocycles. The maximum atomic E-state index is 11.3. The highest BCUT2D eigenvalue weighted by Gasteiger charge is 2.11. The van der Waals surface area contributed by atoms with Crippen molar-refractivity contribution in [2.45, 2.75) is 0 Å². The highest BCUT2D eigenvalue weighted by atomic mass is 79.9. The minimum absolute atomic E-state index is 0.0952. The van der Waals surface area contributed by atoms with Crippen LogP contribution in [0.5, 0.6) is 0 Å². The number of carbonyl (C=O) groups excluding carboxylic acids is 1. The van der Waals surface area contributed by atoms with Crippen molar-refractivity contribution in [1.29, 1.82) is 0 Å². The number of carbonyl (C=O) groups is 1. The molecular formula is C7H5BrClNO2. The number of rotatable bonds is 1. The molecule has 0 aromatic carbocycles. The maximum absolute atomic E-state index is 11.3. The topological polar surface area (TPSA) is 39.2 Å². The summed E-state index contributed by atoms with van der Waals surface area (Å²) in [7, 11) is -2.79. The molecule has 0 fully saturated rings. The van der Waals surface area contributed by atoms with E-state index in [-0.39, 0.29) is 10.7 Å². The summed E-state index contributed by atoms with van der Waals surface area (Å²) in [4.78, 5) is 15.0. The van der Waals surface area contributed by atoms with Gasteiger partial charge in [0.15, 0.2) is 0 Å². The fourth-order valence-corrected chi connectivity index (χ4v) is 1.13. The van der Waals surface area contributed by atoms with Crippen molar-refractivity contribution >= 4 is 33.5 Å². The monoisotopic (exact) mass is 252 g/mol. The number of nitrogens with zero attached hydrogens (tertiary/aromatic N) is 1. The van der Waals surface area contributed by atoms with Gasteiger partial charge in [0.1, 0.15) is 5.15 Å². The maximum Gasteiger partial charge on any atom is 0.341 e. The summed E-state index contributed by atoms with van der Waals surface area (Å²) in [6.45, 7) is 0. The molecule has 0 aliphatic rings. The van der Waals surface area contributed by atoms with Crippen LogP contribution in [0.25, 0.3) is 0 Å². The van der Waals surface area contributed by atoms with E-state index in [0.29, 0.717) is 4.47 Å². The van der Waals surface area contributed by atoms with Crippen LogP contribution in [0.1, 0.15) is 14.5 Å². The molecule has 0 bridgehead atoms. The van der Waals surface area contributed by atoms with Crippen molar-refractivity contribution in [2.75, 3.05) is 7.04 Å². The normalized spacial score (nSPS) is 14.3. The van der Waals surface area contributed by atoms with Crippen LogP contribution in [-0.2, 0) is 4.74 Å². The first kappa shape index (κ1) is 5.94. The molecule has 5 heteroatoms. The lowest BCUT2D eigenvalue weighted by Crippen LogP contribution is -2.02. The molecule has 0 aliphatic carbocycles. The van der Waals surface area contributed by atoms with Crippen LogP contribution in [0.4, 0.5) is 0 Å². The van der Waals surface area contributed by atoms with Crippen LogP contribution >= 0.6 is 27.5 Å². The summed E-state index contributed by atoms with van der Waals surface area (Å²) in [5.74, 6) is -1.03. The molecule has 0 atom stereocenters. The van der Waals surface area contributed by atoms with Gasteiger partial charge in [-0.1, -0.05) is 11.6 Å². The summed E-state index contributed by atoms with van der Waals surface area (Å²) in [6.07, 6.45) is 1.38. The average Bonchev–Trinajstić information content (AvgIpc) is 2.06. The van der Waals surface area contributed by atoms with E-state index in [1.807, 2.05) is 0 Å². The number of halogens is 2. The van der Waals surface area contributed by atoms with E-state index in [0.717, 1.165) is 0 Å². The molecular weight excluding hydrogens is 245 g/mol. The molecule has 0 radical (unpaired) electrons. The fourth-order valence-electron chi connectivity index (χ4n) is 0.621. The van der Waals surface area contributed by atoms with E-state index in [1.54, 1.807) is 0 Å². The highest BCUT2D eigenvalue weighted by molar-refractivity contribution is 9.10. The lowest BCUT2D eigenvalue weighted by atomic mass is 10.3. The zero-order chi connectivity index (χ0) is 11.6. The van der Waals surface area contributed by atoms with E-state index in [1.165, 1.54) is 12.3 Å². The largest absolute Gasteiger partial charge is 0.465 e. The Kier molecular flexibility index (Phi) is 1.91. The molecule has 0 saturated heterocycles. The van der Waals surface area contributed by atoms with E-state index >= 15 is 0 Å². The smallest absolute Gasteiger partial charge is 0.341 e. The number of pyridine rings is 1. The van der Waals surface area contributed by atoms with Gasteiger partial charge in [-0.2, -0.15) is 0 Å². The van der Waals surface area contributed by atoms with Gasteiger partial charge >= 0.3 is 5.97 Å². The predicted molar refractivity (Wildman–Crippen MR) is 48.3 cm³/mol. The summed E-state index contributed by atoms with van der Waals surface area (Å²) >= 11 is 8.68. The van der Waals surface area contributed by atoms with Gasteiger partial charge in [-0.05, 0) is 22.0 Å². The number of ether oxygens (including phenoxy) is 1. The summed E-state index contributed by atoms with van der Waals surface area (Å²) in [5.41, 5.74) is -0.0952. The van der Waals surface area contributed by atoms with Gasteiger partial charge < -0.3 is 4.74 Å². The van der Waals surface area contributed by atoms with Crippen molar-refractivity contribution < 1.29 is 13.6 Å². The van der Waals surface area contributed by atoms with Crippen molar-refractivity contribution in [2.24, 2.45) is 0 Å². The zero-order valence-electron chi connectivity index (χ0n) is 8.67. The van der Waals surface area contributed by atoms with Gasteiger partial charge in [0, 0.05) is 10.7 Å². The Hall–Kier alpha value is -0.610. The van der Waals surface area contributed by atoms with Crippen LogP contribution < -0.4 is 0 Å². The SMILES string of the molecule is [2H]C([2H])([2H])OC(=O)c1cc(Br)cnc1Cl. The molecule has 0 unspecified atom stereocenters. The first-order chi connectivity index (χ1) is 6.79. The van der Waals surface area contributed by atoms with Gasteiger partial charge in [-0.15, -0.1) is 0 Å². The van der Waals surface area contributed by atoms with E-state index in [2.05, 4.69) is 25.7 Å². The van der Waals surface area contributed by atoms with Gasteiger partial charge in [0.2, 0.25) is 0 Å². The number of hydrogen-bond acceptors (Lipinski definition) is 3. The second kappa shape index (κ2) is 3.87. The minimum Gasteiger partial charge on any atom is -0.465 e. The van der Waals surface area contributed by atoms with E-state index < -0.39 is 13.0 Å². The van der Waals surface area contributed by atoms with Gasteiger partial charge in [-0.3, -0.25) is 0 Å². The predicted octanol–water partition coefficient (Wildman–Crippen LogP) is 2.28. The molecule has 64 valence electrons. The molecule has 0 N–H and O–H groups in total. The Bertz CT molecular complexity index is 396. The second-order valence-electron chi connectivity index (χ2n) is 1.88. The van der Waals surface area contributed by atoms with E-state index in [9.17, 15) is 4.79 Å². The first-order valence-electron chi connectivity index (χ1n) is 4.34. The summed E-state index contributed by atoms with van der Waals surface area (Å²) < 4.78 is 24.9. The molecule has 0 spiro atoms. The molecule has 1 aromatic rings. The van der Waals surface area contributed by atoms with Crippen molar-refractivity contribution in [3.8, 4) is 0 Å². The van der Waals surface area contributed by atoms with Crippen LogP contribution in [0.3, 0.4) is 0 Å². The lowest BCUT2D eigenvalue weighted by Gasteiger charge is -2.00. The van der Waals surface area contributed by atoms with Gasteiger partial charge in [0.05, 0.1) is 16.7 Å². The van der Waals surface area contributed by atoms with Crippen LogP contribution in [-0.4, -0.2) is 18.0 Å². The fraction of sp³-hybridized carbons (Fsp3) is 0.143. The number of aromatic nitrogens is 1. The molecule has 12 heavy (non-hydrogen) atoms. The summed E-state index contributed by atoms with van der Waals surface area (Å²) in [6, 6.07) is 1.34. The lowest BCUT2D eigenvalue weighted by molar-refractivity contribution is 0.0600. The number of hydrogen-bond donors (Lipinski definition) is 0. The third kappa shape index (κ3) is 1.95. The van der Waals surface area contributed by atoms with Crippen LogP contribution in [0.15, 0.2) is 16.7 Å². The Balaban J connectivity index is 2.96. The third-order valence-electron chi connectivity index (χ3n) is 1.12. The van der Waals surface area contributed by atoms with Crippen molar-refractivity contribution in [1.82, 2.24) is 4.98 Å². The van der Waals surface area contributed by atoms with E-state index in [4.69, 9.17) is 15.7 Å². The Labute approximate surface area is 87.0 Å². The molecule has 1 rings (SSSR count). The molecule has 3 nitrogen and oxygen atoms in total. The Morgan fingerprint density at radius 1 is 1.92 bits per heavy atom. The number of methoxy groups -OCH3 is 1. The molecule has 0 amide bonds. The summed E-state index contributed by atoms with van der Waals surface area (Å²) in [5, 5.41) is -0.104. The van der Waals surface area contributed by atoms with Crippen LogP contribution in [0.2, 0.25) is 5.15 Å². The zero-order valence-corrected chi connectivity index (χ0v) is 8.02. The third-order valence-corrected chi connectivity index (χ3v) is 1.85. The van der Waals surface area contributed by atoms with Crippen molar-refractivity contribution in [3.05, 3.63) is 27.5 Å². The van der Waals surface area contributed by atoms with Crippen molar-refractivity contribution in [3.63, 3.8) is 0 Å². The first-order valence-corrected chi connectivity index (χ1v) is 4.01. The molecule has 1 heterocycles. The molecule has 0 aliphatic heterocycles. The van der Waals surface area contributed by atoms with Crippen LogP contribution in [0, 0.1) is 0 Å². The number of esters is 1. The quantitative estimate of drug-likeness (QED) is 0.569. The Morgan fingerprint density at radius 2 is 2.67 bits per heavy atom. The second-order valence-corrected chi connectivity index (χ2v) is 3.16. The van der Waals surface area contributed by atoms with Gasteiger partial charge in [0.25, 0.3) is 0 Å². The minimum atomic E-state index is -2.79. The Morgan fingerprint density at radius 3 is 3.33 bits per heavy atom. The standard InChI is InChI=1S/C7H5BrClNO2/c1-12-7(11)5-2-4(8)3-10-6(5)9/h2-3H,1H3/i1D3.